The van der Waals surface area contributed by atoms with E-state index in [1.165, 1.54) is 0 Å². The Labute approximate surface area is 89.2 Å². The van der Waals surface area contributed by atoms with Gasteiger partial charge in [0.1, 0.15) is 0 Å². The highest BCUT2D eigenvalue weighted by atomic mass is 15.1. The molecule has 3 nitrogen and oxygen atoms in total. The molecule has 1 aromatic carbocycles. The average Bonchev–Trinajstić information content (AvgIpc) is 2.25. The highest BCUT2D eigenvalue weighted by Crippen LogP contribution is 2.12. The maximum Gasteiger partial charge on any atom is 0.227 e. The molecule has 1 heterocycles. The third-order valence-corrected chi connectivity index (χ3v) is 2.25. The monoisotopic (exact) mass is 199 g/mol. The van der Waals surface area contributed by atoms with Crippen LogP contribution in [0, 0.1) is 13.8 Å². The van der Waals surface area contributed by atoms with Crippen molar-refractivity contribution in [1.29, 1.82) is 0 Å². The second-order valence-electron chi connectivity index (χ2n) is 3.45. The van der Waals surface area contributed by atoms with Gasteiger partial charge in [-0.2, -0.15) is 0 Å². The second kappa shape index (κ2) is 4.09. The molecule has 2 rings (SSSR count). The van der Waals surface area contributed by atoms with Crippen molar-refractivity contribution < 1.29 is 0 Å². The lowest BCUT2D eigenvalue weighted by atomic mass is 10.3. The number of para-hydroxylation sites is 1. The topological polar surface area (TPSA) is 37.8 Å². The summed E-state index contributed by atoms with van der Waals surface area (Å²) in [6.07, 6.45) is 1.83. The first-order valence-corrected chi connectivity index (χ1v) is 4.88. The number of hydrogen-bond acceptors (Lipinski definition) is 3. The van der Waals surface area contributed by atoms with Crippen molar-refractivity contribution in [1.82, 2.24) is 9.97 Å². The summed E-state index contributed by atoms with van der Waals surface area (Å²) in [5.74, 6) is 0.643. The SMILES string of the molecule is Cc1cnc(Nc2ccccc2)nc1C. The summed E-state index contributed by atoms with van der Waals surface area (Å²) in [6.45, 7) is 3.98. The van der Waals surface area contributed by atoms with Crippen LogP contribution in [0.3, 0.4) is 0 Å². The smallest absolute Gasteiger partial charge is 0.227 e. The van der Waals surface area contributed by atoms with Crippen molar-refractivity contribution in [3.8, 4) is 0 Å². The summed E-state index contributed by atoms with van der Waals surface area (Å²) in [5, 5.41) is 3.15. The molecule has 0 aliphatic rings. The van der Waals surface area contributed by atoms with Crippen molar-refractivity contribution in [3.05, 3.63) is 47.8 Å². The van der Waals surface area contributed by atoms with Gasteiger partial charge in [0, 0.05) is 17.6 Å². The van der Waals surface area contributed by atoms with Crippen molar-refractivity contribution in [2.24, 2.45) is 0 Å². The number of anilines is 2. The Balaban J connectivity index is 2.22. The van der Waals surface area contributed by atoms with Crippen LogP contribution >= 0.6 is 0 Å². The Bertz CT molecular complexity index is 452. The summed E-state index contributed by atoms with van der Waals surface area (Å²) in [5.41, 5.74) is 3.11. The van der Waals surface area contributed by atoms with E-state index in [0.717, 1.165) is 16.9 Å². The Hall–Kier alpha value is -1.90. The van der Waals surface area contributed by atoms with Crippen LogP contribution in [-0.2, 0) is 0 Å². The fourth-order valence-electron chi connectivity index (χ4n) is 1.24. The van der Waals surface area contributed by atoms with Crippen LogP contribution in [0.15, 0.2) is 36.5 Å². The van der Waals surface area contributed by atoms with Crippen LogP contribution in [0.1, 0.15) is 11.3 Å². The predicted molar refractivity (Wildman–Crippen MR) is 61.2 cm³/mol. The van der Waals surface area contributed by atoms with Crippen molar-refractivity contribution in [2.75, 3.05) is 5.32 Å². The first kappa shape index (κ1) is 9.65. The van der Waals surface area contributed by atoms with Gasteiger partial charge in [-0.15, -0.1) is 0 Å². The Kier molecular flexibility index (Phi) is 2.63. The molecule has 76 valence electrons. The zero-order chi connectivity index (χ0) is 10.7. The lowest BCUT2D eigenvalue weighted by Gasteiger charge is -2.05. The summed E-state index contributed by atoms with van der Waals surface area (Å²) < 4.78 is 0. The maximum absolute atomic E-state index is 4.35. The summed E-state index contributed by atoms with van der Waals surface area (Å²) in [4.78, 5) is 8.56. The number of hydrogen-bond donors (Lipinski definition) is 1. The average molecular weight is 199 g/mol. The second-order valence-corrected chi connectivity index (χ2v) is 3.45. The Morgan fingerprint density at radius 3 is 2.47 bits per heavy atom. The van der Waals surface area contributed by atoms with Crippen LogP contribution in [0.25, 0.3) is 0 Å². The van der Waals surface area contributed by atoms with Gasteiger partial charge < -0.3 is 5.32 Å². The zero-order valence-electron chi connectivity index (χ0n) is 8.86. The number of aryl methyl sites for hydroxylation is 2. The van der Waals surface area contributed by atoms with Gasteiger partial charge in [-0.05, 0) is 31.5 Å². The van der Waals surface area contributed by atoms with Gasteiger partial charge in [-0.3, -0.25) is 0 Å². The van der Waals surface area contributed by atoms with Gasteiger partial charge >= 0.3 is 0 Å². The highest BCUT2D eigenvalue weighted by Gasteiger charge is 1.99. The molecular formula is C12H13N3. The number of nitrogens with zero attached hydrogens (tertiary/aromatic N) is 2. The summed E-state index contributed by atoms with van der Waals surface area (Å²) >= 11 is 0. The molecule has 0 fully saturated rings. The molecule has 1 aromatic heterocycles. The molecule has 1 N–H and O–H groups in total. The van der Waals surface area contributed by atoms with E-state index in [1.807, 2.05) is 50.4 Å². The molecule has 0 saturated carbocycles. The van der Waals surface area contributed by atoms with Gasteiger partial charge in [-0.1, -0.05) is 18.2 Å². The molecule has 3 heteroatoms. The predicted octanol–water partition coefficient (Wildman–Crippen LogP) is 2.84. The van der Waals surface area contributed by atoms with Gasteiger partial charge in [-0.25, -0.2) is 9.97 Å². The van der Waals surface area contributed by atoms with E-state index >= 15 is 0 Å². The molecule has 0 aliphatic heterocycles. The maximum atomic E-state index is 4.35. The zero-order valence-corrected chi connectivity index (χ0v) is 8.86. The van der Waals surface area contributed by atoms with Crippen molar-refractivity contribution >= 4 is 11.6 Å². The van der Waals surface area contributed by atoms with E-state index in [4.69, 9.17) is 0 Å². The molecule has 15 heavy (non-hydrogen) atoms. The summed E-state index contributed by atoms with van der Waals surface area (Å²) in [7, 11) is 0. The van der Waals surface area contributed by atoms with E-state index in [9.17, 15) is 0 Å². The molecule has 0 atom stereocenters. The fraction of sp³-hybridized carbons (Fsp3) is 0.167. The lowest BCUT2D eigenvalue weighted by molar-refractivity contribution is 1.07. The molecule has 0 aliphatic carbocycles. The quantitative estimate of drug-likeness (QED) is 0.808. The van der Waals surface area contributed by atoms with Crippen LogP contribution < -0.4 is 5.32 Å². The molecule has 0 radical (unpaired) electrons. The minimum Gasteiger partial charge on any atom is -0.324 e. The molecule has 0 spiro atoms. The molecule has 0 saturated heterocycles. The number of benzene rings is 1. The fourth-order valence-corrected chi connectivity index (χ4v) is 1.24. The van der Waals surface area contributed by atoms with Gasteiger partial charge in [0.25, 0.3) is 0 Å². The third kappa shape index (κ3) is 2.31. The standard InChI is InChI=1S/C12H13N3/c1-9-8-13-12(14-10(9)2)15-11-6-4-3-5-7-11/h3-8H,1-2H3,(H,13,14,15). The summed E-state index contributed by atoms with van der Waals surface area (Å²) in [6, 6.07) is 9.90. The minimum absolute atomic E-state index is 0.643. The van der Waals surface area contributed by atoms with Gasteiger partial charge in [0.2, 0.25) is 5.95 Å². The Morgan fingerprint density at radius 2 is 1.80 bits per heavy atom. The van der Waals surface area contributed by atoms with Crippen LogP contribution in [0.5, 0.6) is 0 Å². The van der Waals surface area contributed by atoms with Crippen LogP contribution in [0.2, 0.25) is 0 Å². The number of nitrogens with one attached hydrogen (secondary N) is 1. The van der Waals surface area contributed by atoms with E-state index in [2.05, 4.69) is 15.3 Å². The third-order valence-electron chi connectivity index (χ3n) is 2.25. The van der Waals surface area contributed by atoms with Gasteiger partial charge in [0.05, 0.1) is 0 Å². The molecule has 0 bridgehead atoms. The molecule has 2 aromatic rings. The number of rotatable bonds is 2. The van der Waals surface area contributed by atoms with Crippen LogP contribution in [0.4, 0.5) is 11.6 Å². The van der Waals surface area contributed by atoms with Crippen molar-refractivity contribution in [2.45, 2.75) is 13.8 Å². The molecule has 0 amide bonds. The van der Waals surface area contributed by atoms with E-state index in [-0.39, 0.29) is 0 Å². The first-order valence-electron chi connectivity index (χ1n) is 4.88. The largest absolute Gasteiger partial charge is 0.324 e. The number of aromatic nitrogens is 2. The van der Waals surface area contributed by atoms with E-state index in [0.29, 0.717) is 5.95 Å². The highest BCUT2D eigenvalue weighted by molar-refractivity contribution is 5.52. The van der Waals surface area contributed by atoms with E-state index in [1.54, 1.807) is 0 Å². The normalized spacial score (nSPS) is 10.0. The van der Waals surface area contributed by atoms with Crippen molar-refractivity contribution in [3.63, 3.8) is 0 Å². The van der Waals surface area contributed by atoms with Gasteiger partial charge in [0.15, 0.2) is 0 Å². The van der Waals surface area contributed by atoms with Crippen LogP contribution in [-0.4, -0.2) is 9.97 Å². The first-order chi connectivity index (χ1) is 7.25. The Morgan fingerprint density at radius 1 is 1.07 bits per heavy atom. The minimum atomic E-state index is 0.643. The molecular weight excluding hydrogens is 186 g/mol. The molecule has 0 unspecified atom stereocenters. The van der Waals surface area contributed by atoms with E-state index < -0.39 is 0 Å². The lowest BCUT2D eigenvalue weighted by Crippen LogP contribution is -1.99.